The van der Waals surface area contributed by atoms with Gasteiger partial charge in [0, 0.05) is 31.5 Å². The zero-order valence-corrected chi connectivity index (χ0v) is 16.1. The van der Waals surface area contributed by atoms with Gasteiger partial charge in [-0.25, -0.2) is 0 Å². The largest absolute Gasteiger partial charge is 0.497 e. The second kappa shape index (κ2) is 9.00. The van der Waals surface area contributed by atoms with Crippen molar-refractivity contribution in [1.82, 2.24) is 10.3 Å². The van der Waals surface area contributed by atoms with Crippen LogP contribution in [0.15, 0.2) is 43.1 Å². The van der Waals surface area contributed by atoms with Crippen LogP contribution in [-0.2, 0) is 16.0 Å². The van der Waals surface area contributed by atoms with Crippen LogP contribution < -0.4 is 10.1 Å². The van der Waals surface area contributed by atoms with E-state index in [0.717, 1.165) is 48.1 Å². The Morgan fingerprint density at radius 3 is 3.04 bits per heavy atom. The highest BCUT2D eigenvalue weighted by molar-refractivity contribution is 5.83. The molecule has 3 unspecified atom stereocenters. The normalized spacial score (nSPS) is 20.8. The summed E-state index contributed by atoms with van der Waals surface area (Å²) >= 11 is 0. The SMILES string of the molecule is C=CC1CNCCC1CC(Cc1ccnc2ccc(OC)cc12)OC(C)=O. The monoisotopic (exact) mass is 368 g/mol. The van der Waals surface area contributed by atoms with Crippen molar-refractivity contribution in [2.45, 2.75) is 32.3 Å². The summed E-state index contributed by atoms with van der Waals surface area (Å²) in [6, 6.07) is 7.87. The molecule has 0 amide bonds. The molecule has 1 aromatic carbocycles. The number of aromatic nitrogens is 1. The number of rotatable bonds is 7. The molecule has 0 radical (unpaired) electrons. The molecule has 0 spiro atoms. The number of fused-ring (bicyclic) bond motifs is 1. The molecule has 144 valence electrons. The van der Waals surface area contributed by atoms with Crippen LogP contribution in [-0.4, -0.2) is 37.3 Å². The maximum absolute atomic E-state index is 11.7. The van der Waals surface area contributed by atoms with Crippen LogP contribution in [0.5, 0.6) is 5.75 Å². The highest BCUT2D eigenvalue weighted by Crippen LogP contribution is 2.29. The molecule has 1 N–H and O–H groups in total. The van der Waals surface area contributed by atoms with Crippen molar-refractivity contribution in [3.05, 3.63) is 48.7 Å². The predicted molar refractivity (Wildman–Crippen MR) is 107 cm³/mol. The highest BCUT2D eigenvalue weighted by Gasteiger charge is 2.27. The standard InChI is InChI=1S/C22H28N2O3/c1-4-16-14-23-9-7-17(16)11-20(27-15(2)25)12-18-8-10-24-22-6-5-19(26-3)13-21(18)22/h4-6,8,10,13,16-17,20,23H,1,7,9,11-12,14H2,2-3H3. The molecule has 5 nitrogen and oxygen atoms in total. The molecule has 1 aromatic heterocycles. The van der Waals surface area contributed by atoms with Gasteiger partial charge in [-0.1, -0.05) is 6.08 Å². The minimum atomic E-state index is -0.236. The summed E-state index contributed by atoms with van der Waals surface area (Å²) in [4.78, 5) is 16.2. The molecule has 1 aliphatic heterocycles. The van der Waals surface area contributed by atoms with E-state index in [-0.39, 0.29) is 12.1 Å². The topological polar surface area (TPSA) is 60.5 Å². The van der Waals surface area contributed by atoms with E-state index in [1.54, 1.807) is 7.11 Å². The summed E-state index contributed by atoms with van der Waals surface area (Å²) in [6.07, 6.45) is 6.25. The van der Waals surface area contributed by atoms with Gasteiger partial charge in [0.1, 0.15) is 11.9 Å². The van der Waals surface area contributed by atoms with Crippen molar-refractivity contribution in [1.29, 1.82) is 0 Å². The van der Waals surface area contributed by atoms with Gasteiger partial charge in [0.15, 0.2) is 0 Å². The second-order valence-electron chi connectivity index (χ2n) is 7.18. The zero-order chi connectivity index (χ0) is 19.2. The maximum Gasteiger partial charge on any atom is 0.302 e. The third kappa shape index (κ3) is 4.86. The van der Waals surface area contributed by atoms with Gasteiger partial charge in [0.05, 0.1) is 12.6 Å². The molecular formula is C22H28N2O3. The van der Waals surface area contributed by atoms with Crippen molar-refractivity contribution in [2.24, 2.45) is 11.8 Å². The fourth-order valence-corrected chi connectivity index (χ4v) is 3.98. The first kappa shape index (κ1) is 19.4. The first-order valence-electron chi connectivity index (χ1n) is 9.52. The van der Waals surface area contributed by atoms with Crippen molar-refractivity contribution in [3.8, 4) is 5.75 Å². The summed E-state index contributed by atoms with van der Waals surface area (Å²) in [6.45, 7) is 7.40. The Morgan fingerprint density at radius 2 is 2.30 bits per heavy atom. The Balaban J connectivity index is 1.85. The first-order chi connectivity index (χ1) is 13.1. The highest BCUT2D eigenvalue weighted by atomic mass is 16.5. The van der Waals surface area contributed by atoms with Gasteiger partial charge in [-0.15, -0.1) is 6.58 Å². The molecular weight excluding hydrogens is 340 g/mol. The minimum absolute atomic E-state index is 0.162. The number of hydrogen-bond acceptors (Lipinski definition) is 5. The van der Waals surface area contributed by atoms with Crippen LogP contribution in [0, 0.1) is 11.8 Å². The minimum Gasteiger partial charge on any atom is -0.497 e. The average Bonchev–Trinajstić information content (AvgIpc) is 2.67. The lowest BCUT2D eigenvalue weighted by Crippen LogP contribution is -2.38. The molecule has 3 rings (SSSR count). The number of nitrogens with zero attached hydrogens (tertiary/aromatic N) is 1. The van der Waals surface area contributed by atoms with E-state index >= 15 is 0 Å². The van der Waals surface area contributed by atoms with E-state index < -0.39 is 0 Å². The zero-order valence-electron chi connectivity index (χ0n) is 16.1. The van der Waals surface area contributed by atoms with Crippen LogP contribution in [0.2, 0.25) is 0 Å². The van der Waals surface area contributed by atoms with Gasteiger partial charge in [-0.05, 0) is 61.1 Å². The first-order valence-corrected chi connectivity index (χ1v) is 9.52. The van der Waals surface area contributed by atoms with Gasteiger partial charge < -0.3 is 14.8 Å². The van der Waals surface area contributed by atoms with Gasteiger partial charge >= 0.3 is 5.97 Å². The van der Waals surface area contributed by atoms with Crippen molar-refractivity contribution in [3.63, 3.8) is 0 Å². The van der Waals surface area contributed by atoms with Crippen LogP contribution >= 0.6 is 0 Å². The number of carbonyl (C=O) groups is 1. The quantitative estimate of drug-likeness (QED) is 0.598. The summed E-state index contributed by atoms with van der Waals surface area (Å²) in [5.41, 5.74) is 2.04. The number of carbonyl (C=O) groups excluding carboxylic acids is 1. The second-order valence-corrected chi connectivity index (χ2v) is 7.18. The molecule has 3 atom stereocenters. The van der Waals surface area contributed by atoms with Gasteiger partial charge in [0.2, 0.25) is 0 Å². The fraction of sp³-hybridized carbons (Fsp3) is 0.455. The number of ether oxygens (including phenoxy) is 2. The molecule has 1 saturated heterocycles. The van der Waals surface area contributed by atoms with Crippen molar-refractivity contribution in [2.75, 3.05) is 20.2 Å². The van der Waals surface area contributed by atoms with Crippen LogP contribution in [0.3, 0.4) is 0 Å². The molecule has 0 bridgehead atoms. The maximum atomic E-state index is 11.7. The van der Waals surface area contributed by atoms with Gasteiger partial charge in [0.25, 0.3) is 0 Å². The third-order valence-corrected chi connectivity index (χ3v) is 5.37. The molecule has 5 heteroatoms. The van der Waals surface area contributed by atoms with Gasteiger partial charge in [-0.3, -0.25) is 9.78 Å². The Bertz CT molecular complexity index is 805. The fourth-order valence-electron chi connectivity index (χ4n) is 3.98. The van der Waals surface area contributed by atoms with E-state index in [0.29, 0.717) is 18.3 Å². The molecule has 0 aliphatic carbocycles. The summed E-state index contributed by atoms with van der Waals surface area (Å²) in [5.74, 6) is 1.44. The molecule has 2 heterocycles. The number of piperidine rings is 1. The van der Waals surface area contributed by atoms with Crippen LogP contribution in [0.25, 0.3) is 10.9 Å². The van der Waals surface area contributed by atoms with E-state index in [1.165, 1.54) is 6.92 Å². The van der Waals surface area contributed by atoms with E-state index in [9.17, 15) is 4.79 Å². The summed E-state index contributed by atoms with van der Waals surface area (Å²) in [5, 5.41) is 4.46. The number of benzene rings is 1. The number of hydrogen-bond donors (Lipinski definition) is 1. The Kier molecular flexibility index (Phi) is 6.45. The van der Waals surface area contributed by atoms with Crippen LogP contribution in [0.1, 0.15) is 25.3 Å². The molecule has 1 aliphatic rings. The van der Waals surface area contributed by atoms with Crippen LogP contribution in [0.4, 0.5) is 0 Å². The molecule has 1 fully saturated rings. The van der Waals surface area contributed by atoms with E-state index in [1.807, 2.05) is 36.5 Å². The lowest BCUT2D eigenvalue weighted by atomic mass is 9.81. The Labute approximate surface area is 160 Å². The lowest BCUT2D eigenvalue weighted by molar-refractivity contribution is -0.147. The predicted octanol–water partition coefficient (Wildman–Crippen LogP) is 3.52. The molecule has 27 heavy (non-hydrogen) atoms. The molecule has 0 saturated carbocycles. The van der Waals surface area contributed by atoms with Crippen molar-refractivity contribution >= 4 is 16.9 Å². The number of pyridine rings is 1. The van der Waals surface area contributed by atoms with E-state index in [2.05, 4.69) is 16.9 Å². The smallest absolute Gasteiger partial charge is 0.302 e. The summed E-state index contributed by atoms with van der Waals surface area (Å²) in [7, 11) is 1.66. The van der Waals surface area contributed by atoms with E-state index in [4.69, 9.17) is 9.47 Å². The number of methoxy groups -OCH3 is 1. The average molecular weight is 368 g/mol. The molecule has 2 aromatic rings. The van der Waals surface area contributed by atoms with Gasteiger partial charge in [-0.2, -0.15) is 0 Å². The Hall–Kier alpha value is -2.40. The lowest BCUT2D eigenvalue weighted by Gasteiger charge is -2.32. The summed E-state index contributed by atoms with van der Waals surface area (Å²) < 4.78 is 11.1. The van der Waals surface area contributed by atoms with Crippen molar-refractivity contribution < 1.29 is 14.3 Å². The number of esters is 1. The number of nitrogens with one attached hydrogen (secondary N) is 1. The third-order valence-electron chi connectivity index (χ3n) is 5.37. The Morgan fingerprint density at radius 1 is 1.44 bits per heavy atom.